The molecule has 5 nitrogen and oxygen atoms in total. The molecule has 31 heavy (non-hydrogen) atoms. The Hall–Kier alpha value is -2.40. The number of unbranched alkanes of at least 4 members (excludes halogenated alkanes) is 1. The molecule has 1 aliphatic carbocycles. The molecule has 2 aromatic carbocycles. The van der Waals surface area contributed by atoms with Crippen LogP contribution in [0, 0.1) is 0 Å². The summed E-state index contributed by atoms with van der Waals surface area (Å²) >= 11 is 0. The van der Waals surface area contributed by atoms with E-state index < -0.39 is 0 Å². The average molecular weight is 426 g/mol. The van der Waals surface area contributed by atoms with Gasteiger partial charge in [0.05, 0.1) is 27.4 Å². The van der Waals surface area contributed by atoms with Crippen molar-refractivity contribution < 1.29 is 18.9 Å². The molecule has 2 aliphatic rings. The van der Waals surface area contributed by atoms with Crippen molar-refractivity contribution in [3.05, 3.63) is 34.9 Å². The van der Waals surface area contributed by atoms with Gasteiger partial charge in [0.1, 0.15) is 0 Å². The molecule has 0 aromatic heterocycles. The lowest BCUT2D eigenvalue weighted by Gasteiger charge is -2.41. The number of benzene rings is 2. The number of likely N-dealkylation sites (N-methyl/N-ethyl adjacent to an activating group) is 1. The van der Waals surface area contributed by atoms with Crippen molar-refractivity contribution in [3.63, 3.8) is 0 Å². The maximum atomic E-state index is 6.46. The first kappa shape index (κ1) is 21.8. The van der Waals surface area contributed by atoms with Crippen LogP contribution >= 0.6 is 0 Å². The highest BCUT2D eigenvalue weighted by Crippen LogP contribution is 2.54. The van der Waals surface area contributed by atoms with E-state index in [-0.39, 0.29) is 6.10 Å². The standard InChI is InChI=1S/C26H35NO4/c1-7-8-9-16(2)31-23-13-17-10-11-27(3)20-12-18-14-21(28-4)22(29-5)15-19(18)25(24(17)20)26(23)30-6/h13-16,20H,7-12H2,1-6H3/t16?,20-/m0/s1. The third-order valence-corrected chi connectivity index (χ3v) is 6.76. The molecule has 0 radical (unpaired) electrons. The summed E-state index contributed by atoms with van der Waals surface area (Å²) in [5.41, 5.74) is 6.31. The Bertz CT molecular complexity index is 955. The Morgan fingerprint density at radius 2 is 1.71 bits per heavy atom. The zero-order valence-electron chi connectivity index (χ0n) is 19.7. The highest BCUT2D eigenvalue weighted by Gasteiger charge is 2.37. The number of rotatable bonds is 8. The molecule has 1 aliphatic heterocycles. The second kappa shape index (κ2) is 8.99. The maximum absolute atomic E-state index is 6.46. The van der Waals surface area contributed by atoms with Crippen molar-refractivity contribution in [1.82, 2.24) is 4.90 Å². The van der Waals surface area contributed by atoms with E-state index in [9.17, 15) is 0 Å². The predicted octanol–water partition coefficient (Wildman–Crippen LogP) is 5.42. The summed E-state index contributed by atoms with van der Waals surface area (Å²) in [6.45, 7) is 5.40. The van der Waals surface area contributed by atoms with E-state index in [1.807, 2.05) is 0 Å². The van der Waals surface area contributed by atoms with Gasteiger partial charge in [0.25, 0.3) is 0 Å². The fraction of sp³-hybridized carbons (Fsp3) is 0.538. The van der Waals surface area contributed by atoms with Crippen LogP contribution in [0.1, 0.15) is 55.8 Å². The van der Waals surface area contributed by atoms with Crippen molar-refractivity contribution in [1.29, 1.82) is 0 Å². The second-order valence-electron chi connectivity index (χ2n) is 8.74. The van der Waals surface area contributed by atoms with Crippen molar-refractivity contribution in [3.8, 4) is 34.1 Å². The first-order chi connectivity index (χ1) is 15.0. The molecule has 1 heterocycles. The molecule has 2 aromatic rings. The van der Waals surface area contributed by atoms with Crippen LogP contribution in [0.15, 0.2) is 18.2 Å². The van der Waals surface area contributed by atoms with Gasteiger partial charge < -0.3 is 18.9 Å². The van der Waals surface area contributed by atoms with Crippen molar-refractivity contribution in [2.45, 2.75) is 58.1 Å². The molecule has 4 rings (SSSR count). The lowest BCUT2D eigenvalue weighted by Crippen LogP contribution is -2.35. The Labute approximate surface area is 186 Å². The van der Waals surface area contributed by atoms with Gasteiger partial charge in [0.2, 0.25) is 0 Å². The van der Waals surface area contributed by atoms with Crippen molar-refractivity contribution in [2.24, 2.45) is 0 Å². The summed E-state index contributed by atoms with van der Waals surface area (Å²) in [5.74, 6) is 3.19. The van der Waals surface area contributed by atoms with Gasteiger partial charge in [-0.1, -0.05) is 19.8 Å². The topological polar surface area (TPSA) is 40.2 Å². The fourth-order valence-corrected chi connectivity index (χ4v) is 5.08. The molecule has 0 amide bonds. The van der Waals surface area contributed by atoms with Crippen LogP contribution in [0.5, 0.6) is 23.0 Å². The van der Waals surface area contributed by atoms with Gasteiger partial charge in [-0.15, -0.1) is 0 Å². The summed E-state index contributed by atoms with van der Waals surface area (Å²) < 4.78 is 23.7. The van der Waals surface area contributed by atoms with Crippen molar-refractivity contribution >= 4 is 0 Å². The molecule has 0 N–H and O–H groups in total. The van der Waals surface area contributed by atoms with E-state index in [2.05, 4.69) is 44.0 Å². The minimum absolute atomic E-state index is 0.148. The molecule has 0 saturated heterocycles. The normalized spacial score (nSPS) is 18.1. The molecule has 168 valence electrons. The van der Waals surface area contributed by atoms with Gasteiger partial charge in [0.15, 0.2) is 23.0 Å². The molecule has 0 spiro atoms. The Morgan fingerprint density at radius 1 is 1.00 bits per heavy atom. The number of nitrogens with zero attached hydrogens (tertiary/aromatic N) is 1. The van der Waals surface area contributed by atoms with Gasteiger partial charge in [0, 0.05) is 18.2 Å². The van der Waals surface area contributed by atoms with E-state index in [1.165, 1.54) is 23.1 Å². The lowest BCUT2D eigenvalue weighted by molar-refractivity contribution is 0.195. The SMILES string of the molecule is CCCCC(C)Oc1cc2c3c(c1OC)-c1cc(OC)c(OC)cc1C[C@@H]3N(C)CC2. The first-order valence-electron chi connectivity index (χ1n) is 11.4. The minimum atomic E-state index is 0.148. The van der Waals surface area contributed by atoms with E-state index in [4.69, 9.17) is 18.9 Å². The largest absolute Gasteiger partial charge is 0.493 e. The molecular formula is C26H35NO4. The van der Waals surface area contributed by atoms with E-state index in [0.717, 1.165) is 66.4 Å². The number of hydrogen-bond acceptors (Lipinski definition) is 5. The van der Waals surface area contributed by atoms with Gasteiger partial charge in [-0.3, -0.25) is 4.90 Å². The number of methoxy groups -OCH3 is 3. The Balaban J connectivity index is 1.91. The van der Waals surface area contributed by atoms with Crippen LogP contribution < -0.4 is 18.9 Å². The average Bonchev–Trinajstić information content (AvgIpc) is 2.78. The van der Waals surface area contributed by atoms with Crippen LogP contribution in [0.2, 0.25) is 0 Å². The highest BCUT2D eigenvalue weighted by atomic mass is 16.5. The quantitative estimate of drug-likeness (QED) is 0.565. The summed E-state index contributed by atoms with van der Waals surface area (Å²) in [6, 6.07) is 6.77. The third kappa shape index (κ3) is 3.84. The highest BCUT2D eigenvalue weighted by molar-refractivity contribution is 5.85. The molecule has 0 fully saturated rings. The van der Waals surface area contributed by atoms with Gasteiger partial charge >= 0.3 is 0 Å². The summed E-state index contributed by atoms with van der Waals surface area (Å²) in [6.07, 6.45) is 5.48. The van der Waals surface area contributed by atoms with Crippen molar-refractivity contribution in [2.75, 3.05) is 34.9 Å². The second-order valence-corrected chi connectivity index (χ2v) is 8.74. The molecule has 1 unspecified atom stereocenters. The first-order valence-corrected chi connectivity index (χ1v) is 11.4. The van der Waals surface area contributed by atoms with Crippen LogP contribution in [-0.4, -0.2) is 45.9 Å². The smallest absolute Gasteiger partial charge is 0.168 e. The Morgan fingerprint density at radius 3 is 2.39 bits per heavy atom. The summed E-state index contributed by atoms with van der Waals surface area (Å²) in [5, 5.41) is 0. The van der Waals surface area contributed by atoms with Gasteiger partial charge in [-0.05, 0) is 73.7 Å². The van der Waals surface area contributed by atoms with Crippen LogP contribution in [0.25, 0.3) is 11.1 Å². The van der Waals surface area contributed by atoms with E-state index in [0.29, 0.717) is 6.04 Å². The predicted molar refractivity (Wildman–Crippen MR) is 124 cm³/mol. The number of ether oxygens (including phenoxy) is 4. The fourth-order valence-electron chi connectivity index (χ4n) is 5.08. The monoisotopic (exact) mass is 425 g/mol. The van der Waals surface area contributed by atoms with Crippen LogP contribution in [0.4, 0.5) is 0 Å². The van der Waals surface area contributed by atoms with Crippen LogP contribution in [-0.2, 0) is 12.8 Å². The third-order valence-electron chi connectivity index (χ3n) is 6.76. The van der Waals surface area contributed by atoms with E-state index in [1.54, 1.807) is 21.3 Å². The minimum Gasteiger partial charge on any atom is -0.493 e. The van der Waals surface area contributed by atoms with E-state index >= 15 is 0 Å². The Kier molecular flexibility index (Phi) is 6.33. The maximum Gasteiger partial charge on any atom is 0.168 e. The lowest BCUT2D eigenvalue weighted by atomic mass is 9.76. The zero-order valence-corrected chi connectivity index (χ0v) is 19.7. The molecule has 5 heteroatoms. The number of hydrogen-bond donors (Lipinski definition) is 0. The molecule has 0 saturated carbocycles. The van der Waals surface area contributed by atoms with Gasteiger partial charge in [-0.25, -0.2) is 0 Å². The zero-order chi connectivity index (χ0) is 22.1. The molecular weight excluding hydrogens is 390 g/mol. The number of fused-ring (bicyclic) bond motifs is 2. The molecule has 0 bridgehead atoms. The summed E-state index contributed by atoms with van der Waals surface area (Å²) in [7, 11) is 7.34. The molecule has 2 atom stereocenters. The van der Waals surface area contributed by atoms with Gasteiger partial charge in [-0.2, -0.15) is 0 Å². The van der Waals surface area contributed by atoms with Crippen LogP contribution in [0.3, 0.4) is 0 Å². The summed E-state index contributed by atoms with van der Waals surface area (Å²) in [4.78, 5) is 2.45.